The van der Waals surface area contributed by atoms with Crippen LogP contribution in [0.3, 0.4) is 0 Å². The van der Waals surface area contributed by atoms with Crippen molar-refractivity contribution in [3.8, 4) is 0 Å². The molecule has 1 fully saturated rings. The Hall–Kier alpha value is -2.14. The fraction of sp³-hybridized carbons (Fsp3) is 0.263. The highest BCUT2D eigenvalue weighted by molar-refractivity contribution is 9.10. The van der Waals surface area contributed by atoms with Crippen LogP contribution in [0.25, 0.3) is 0 Å². The van der Waals surface area contributed by atoms with Crippen LogP contribution in [0.1, 0.15) is 17.5 Å². The van der Waals surface area contributed by atoms with Crippen LogP contribution in [-0.2, 0) is 9.59 Å². The molecule has 0 saturated carbocycles. The largest absolute Gasteiger partial charge is 0.326 e. The normalized spacial score (nSPS) is 17.2. The van der Waals surface area contributed by atoms with Gasteiger partial charge in [0.1, 0.15) is 0 Å². The Kier molecular flexibility index (Phi) is 4.71. The zero-order valence-corrected chi connectivity index (χ0v) is 15.3. The Morgan fingerprint density at radius 1 is 1.17 bits per heavy atom. The van der Waals surface area contributed by atoms with Crippen molar-refractivity contribution in [1.29, 1.82) is 0 Å². The van der Waals surface area contributed by atoms with Gasteiger partial charge < -0.3 is 10.2 Å². The molecule has 0 aliphatic carbocycles. The van der Waals surface area contributed by atoms with E-state index in [0.29, 0.717) is 6.54 Å². The van der Waals surface area contributed by atoms with Crippen LogP contribution in [0.5, 0.6) is 0 Å². The van der Waals surface area contributed by atoms with E-state index in [1.165, 1.54) is 0 Å². The predicted octanol–water partition coefficient (Wildman–Crippen LogP) is 4.06. The monoisotopic (exact) mass is 386 g/mol. The fourth-order valence-corrected chi connectivity index (χ4v) is 3.39. The van der Waals surface area contributed by atoms with Gasteiger partial charge in [0.25, 0.3) is 0 Å². The third-order valence-corrected chi connectivity index (χ3v) is 4.76. The van der Waals surface area contributed by atoms with Gasteiger partial charge in [0, 0.05) is 28.8 Å². The number of nitrogens with one attached hydrogen (secondary N) is 1. The first kappa shape index (κ1) is 16.7. The van der Waals surface area contributed by atoms with Crippen LogP contribution in [0.2, 0.25) is 0 Å². The molecule has 0 radical (unpaired) electrons. The summed E-state index contributed by atoms with van der Waals surface area (Å²) >= 11 is 3.43. The zero-order chi connectivity index (χ0) is 17.3. The lowest BCUT2D eigenvalue weighted by Crippen LogP contribution is -2.28. The van der Waals surface area contributed by atoms with Crippen molar-refractivity contribution in [1.82, 2.24) is 0 Å². The third kappa shape index (κ3) is 3.51. The van der Waals surface area contributed by atoms with Crippen molar-refractivity contribution in [2.24, 2.45) is 5.92 Å². The van der Waals surface area contributed by atoms with Gasteiger partial charge in [-0.1, -0.05) is 33.6 Å². The van der Waals surface area contributed by atoms with Gasteiger partial charge in [-0.25, -0.2) is 0 Å². The lowest BCUT2D eigenvalue weighted by Gasteiger charge is -2.19. The molecule has 1 N–H and O–H groups in total. The average Bonchev–Trinajstić information content (AvgIpc) is 2.91. The standard InChI is InChI=1S/C19H19BrN2O2/c1-12-3-6-16(7-4-12)21-19(24)14-10-18(23)22(11-14)17-8-5-15(20)9-13(17)2/h3-9,14H,10-11H2,1-2H3,(H,21,24). The molecule has 1 unspecified atom stereocenters. The number of nitrogens with zero attached hydrogens (tertiary/aromatic N) is 1. The molecule has 0 spiro atoms. The first-order chi connectivity index (χ1) is 11.4. The predicted molar refractivity (Wildman–Crippen MR) is 99.1 cm³/mol. The van der Waals surface area contributed by atoms with Crippen LogP contribution in [0, 0.1) is 19.8 Å². The molecule has 3 rings (SSSR count). The van der Waals surface area contributed by atoms with Gasteiger partial charge in [-0.2, -0.15) is 0 Å². The van der Waals surface area contributed by atoms with Gasteiger partial charge in [-0.15, -0.1) is 0 Å². The van der Waals surface area contributed by atoms with Crippen molar-refractivity contribution in [2.75, 3.05) is 16.8 Å². The van der Waals surface area contributed by atoms with Crippen molar-refractivity contribution in [2.45, 2.75) is 20.3 Å². The molecular weight excluding hydrogens is 368 g/mol. The molecule has 0 bridgehead atoms. The smallest absolute Gasteiger partial charge is 0.229 e. The van der Waals surface area contributed by atoms with Crippen molar-refractivity contribution >= 4 is 39.1 Å². The summed E-state index contributed by atoms with van der Waals surface area (Å²) in [5.41, 5.74) is 3.78. The fourth-order valence-electron chi connectivity index (χ4n) is 2.92. The Labute approximate surface area is 150 Å². The van der Waals surface area contributed by atoms with E-state index in [-0.39, 0.29) is 24.2 Å². The van der Waals surface area contributed by atoms with E-state index in [1.54, 1.807) is 4.90 Å². The van der Waals surface area contributed by atoms with E-state index in [9.17, 15) is 9.59 Å². The number of amides is 2. The summed E-state index contributed by atoms with van der Waals surface area (Å²) in [4.78, 5) is 26.5. The summed E-state index contributed by atoms with van der Waals surface area (Å²) < 4.78 is 0.976. The minimum Gasteiger partial charge on any atom is -0.326 e. The molecule has 4 nitrogen and oxygen atoms in total. The summed E-state index contributed by atoms with van der Waals surface area (Å²) in [5, 5.41) is 2.90. The van der Waals surface area contributed by atoms with Gasteiger partial charge in [0.2, 0.25) is 11.8 Å². The molecule has 2 aromatic rings. The van der Waals surface area contributed by atoms with Crippen molar-refractivity contribution in [3.05, 3.63) is 58.1 Å². The molecule has 2 amide bonds. The average molecular weight is 387 g/mol. The van der Waals surface area contributed by atoms with E-state index >= 15 is 0 Å². The first-order valence-electron chi connectivity index (χ1n) is 7.88. The highest BCUT2D eigenvalue weighted by atomic mass is 79.9. The Morgan fingerprint density at radius 2 is 1.88 bits per heavy atom. The molecule has 24 heavy (non-hydrogen) atoms. The summed E-state index contributed by atoms with van der Waals surface area (Å²) in [6, 6.07) is 13.5. The number of benzene rings is 2. The van der Waals surface area contributed by atoms with E-state index in [0.717, 1.165) is 27.0 Å². The number of carbonyl (C=O) groups is 2. The summed E-state index contributed by atoms with van der Waals surface area (Å²) in [6.45, 7) is 4.38. The van der Waals surface area contributed by atoms with E-state index in [1.807, 2.05) is 56.3 Å². The lowest BCUT2D eigenvalue weighted by molar-refractivity contribution is -0.122. The lowest BCUT2D eigenvalue weighted by atomic mass is 10.1. The number of anilines is 2. The number of hydrogen-bond donors (Lipinski definition) is 1. The van der Waals surface area contributed by atoms with Gasteiger partial charge in [0.15, 0.2) is 0 Å². The van der Waals surface area contributed by atoms with E-state index in [2.05, 4.69) is 21.2 Å². The van der Waals surface area contributed by atoms with Gasteiger partial charge in [-0.3, -0.25) is 9.59 Å². The number of aryl methyl sites for hydroxylation is 2. The minimum absolute atomic E-state index is 0.00974. The highest BCUT2D eigenvalue weighted by Crippen LogP contribution is 2.30. The Morgan fingerprint density at radius 3 is 2.54 bits per heavy atom. The van der Waals surface area contributed by atoms with Gasteiger partial charge in [0.05, 0.1) is 5.92 Å². The SMILES string of the molecule is Cc1ccc(NC(=O)C2CC(=O)N(c3ccc(Br)cc3C)C2)cc1. The maximum atomic E-state index is 12.5. The molecule has 1 atom stereocenters. The number of halogens is 1. The molecule has 0 aromatic heterocycles. The number of hydrogen-bond acceptors (Lipinski definition) is 2. The molecular formula is C19H19BrN2O2. The first-order valence-corrected chi connectivity index (χ1v) is 8.67. The van der Waals surface area contributed by atoms with E-state index in [4.69, 9.17) is 0 Å². The van der Waals surface area contributed by atoms with E-state index < -0.39 is 0 Å². The third-order valence-electron chi connectivity index (χ3n) is 4.26. The van der Waals surface area contributed by atoms with Crippen LogP contribution >= 0.6 is 15.9 Å². The van der Waals surface area contributed by atoms with Gasteiger partial charge >= 0.3 is 0 Å². The molecule has 1 heterocycles. The quantitative estimate of drug-likeness (QED) is 0.864. The molecule has 1 aliphatic rings. The zero-order valence-electron chi connectivity index (χ0n) is 13.7. The van der Waals surface area contributed by atoms with Crippen LogP contribution in [0.15, 0.2) is 46.9 Å². The highest BCUT2D eigenvalue weighted by Gasteiger charge is 2.35. The number of rotatable bonds is 3. The Balaban J connectivity index is 1.72. The maximum absolute atomic E-state index is 12.5. The second-order valence-corrected chi connectivity index (χ2v) is 7.11. The topological polar surface area (TPSA) is 49.4 Å². The molecule has 5 heteroatoms. The molecule has 1 saturated heterocycles. The van der Waals surface area contributed by atoms with Crippen LogP contribution in [0.4, 0.5) is 11.4 Å². The second-order valence-electron chi connectivity index (χ2n) is 6.19. The maximum Gasteiger partial charge on any atom is 0.229 e. The minimum atomic E-state index is -0.332. The second kappa shape index (κ2) is 6.77. The van der Waals surface area contributed by atoms with Gasteiger partial charge in [-0.05, 0) is 49.7 Å². The molecule has 124 valence electrons. The Bertz CT molecular complexity index is 786. The van der Waals surface area contributed by atoms with Crippen LogP contribution < -0.4 is 10.2 Å². The van der Waals surface area contributed by atoms with Crippen LogP contribution in [-0.4, -0.2) is 18.4 Å². The molecule has 1 aliphatic heterocycles. The summed E-state index contributed by atoms with van der Waals surface area (Å²) in [6.07, 6.45) is 0.243. The molecule has 2 aromatic carbocycles. The number of carbonyl (C=O) groups excluding carboxylic acids is 2. The summed E-state index contributed by atoms with van der Waals surface area (Å²) in [7, 11) is 0. The van der Waals surface area contributed by atoms with Crippen molar-refractivity contribution < 1.29 is 9.59 Å². The van der Waals surface area contributed by atoms with Crippen molar-refractivity contribution in [3.63, 3.8) is 0 Å². The summed E-state index contributed by atoms with van der Waals surface area (Å²) in [5.74, 6) is -0.448.